The Kier molecular flexibility index (Phi) is 3.64. The van der Waals surface area contributed by atoms with Crippen LogP contribution in [0.4, 0.5) is 5.69 Å². The summed E-state index contributed by atoms with van der Waals surface area (Å²) in [7, 11) is 0. The van der Waals surface area contributed by atoms with Gasteiger partial charge in [0.1, 0.15) is 12.0 Å². The molecule has 1 aromatic rings. The van der Waals surface area contributed by atoms with Gasteiger partial charge in [-0.05, 0) is 5.92 Å². The highest BCUT2D eigenvalue weighted by molar-refractivity contribution is 5.94. The second-order valence-corrected chi connectivity index (χ2v) is 3.31. The molecule has 0 aliphatic carbocycles. The lowest BCUT2D eigenvalue weighted by Crippen LogP contribution is -2.40. The fourth-order valence-electron chi connectivity index (χ4n) is 1.00. The minimum absolute atomic E-state index is 0.162. The predicted molar refractivity (Wildman–Crippen MR) is 52.6 cm³/mol. The zero-order valence-corrected chi connectivity index (χ0v) is 8.36. The van der Waals surface area contributed by atoms with Crippen LogP contribution in [0.5, 0.6) is 0 Å². The number of hydrogen-bond acceptors (Lipinski definition) is 4. The van der Waals surface area contributed by atoms with E-state index in [-0.39, 0.29) is 11.8 Å². The van der Waals surface area contributed by atoms with Crippen molar-refractivity contribution in [1.82, 2.24) is 5.16 Å². The van der Waals surface area contributed by atoms with Gasteiger partial charge >= 0.3 is 0 Å². The first kappa shape index (κ1) is 10.7. The smallest absolute Gasteiger partial charge is 0.241 e. The number of nitrogens with one attached hydrogen (secondary N) is 1. The van der Waals surface area contributed by atoms with E-state index in [2.05, 4.69) is 15.0 Å². The number of rotatable bonds is 4. The lowest BCUT2D eigenvalue weighted by molar-refractivity contribution is -0.118. The van der Waals surface area contributed by atoms with Crippen LogP contribution >= 0.6 is 0 Å². The summed E-state index contributed by atoms with van der Waals surface area (Å²) in [5.41, 5.74) is 6.26. The SMILES string of the molecule is CCC(C)[C@H](N)C(=O)Nc1cnoc1. The molecule has 5 heteroatoms. The molecule has 2 atom stereocenters. The van der Waals surface area contributed by atoms with Crippen molar-refractivity contribution in [2.24, 2.45) is 11.7 Å². The number of carbonyl (C=O) groups is 1. The number of aromatic nitrogens is 1. The Morgan fingerprint density at radius 1 is 1.79 bits per heavy atom. The van der Waals surface area contributed by atoms with Crippen LogP contribution in [0, 0.1) is 5.92 Å². The van der Waals surface area contributed by atoms with Crippen molar-refractivity contribution in [1.29, 1.82) is 0 Å². The molecular formula is C9H15N3O2. The zero-order chi connectivity index (χ0) is 10.6. The van der Waals surface area contributed by atoms with Crippen LogP contribution < -0.4 is 11.1 Å². The molecule has 0 fully saturated rings. The first-order chi connectivity index (χ1) is 6.65. The van der Waals surface area contributed by atoms with E-state index < -0.39 is 6.04 Å². The van der Waals surface area contributed by atoms with Crippen molar-refractivity contribution in [2.75, 3.05) is 5.32 Å². The fourth-order valence-corrected chi connectivity index (χ4v) is 1.00. The zero-order valence-electron chi connectivity index (χ0n) is 8.36. The summed E-state index contributed by atoms with van der Waals surface area (Å²) in [6.45, 7) is 3.94. The molecule has 0 aromatic carbocycles. The number of amides is 1. The average Bonchev–Trinajstić information content (AvgIpc) is 2.68. The molecule has 0 radical (unpaired) electrons. The molecule has 1 rings (SSSR count). The molecule has 14 heavy (non-hydrogen) atoms. The summed E-state index contributed by atoms with van der Waals surface area (Å²) in [4.78, 5) is 11.5. The number of nitrogens with zero attached hydrogens (tertiary/aromatic N) is 1. The van der Waals surface area contributed by atoms with E-state index in [1.807, 2.05) is 13.8 Å². The van der Waals surface area contributed by atoms with E-state index in [9.17, 15) is 4.79 Å². The summed E-state index contributed by atoms with van der Waals surface area (Å²) in [5.74, 6) is -0.0441. The molecule has 0 spiro atoms. The van der Waals surface area contributed by atoms with Gasteiger partial charge in [0.15, 0.2) is 0 Å². The number of carbonyl (C=O) groups excluding carboxylic acids is 1. The molecule has 1 heterocycles. The van der Waals surface area contributed by atoms with E-state index in [1.54, 1.807) is 0 Å². The van der Waals surface area contributed by atoms with Gasteiger partial charge in [0.25, 0.3) is 0 Å². The Hall–Kier alpha value is -1.36. The third-order valence-corrected chi connectivity index (χ3v) is 2.26. The second kappa shape index (κ2) is 4.76. The van der Waals surface area contributed by atoms with Gasteiger partial charge in [-0.2, -0.15) is 0 Å². The van der Waals surface area contributed by atoms with Gasteiger partial charge in [-0.25, -0.2) is 0 Å². The van der Waals surface area contributed by atoms with Crippen LogP contribution in [-0.4, -0.2) is 17.1 Å². The summed E-state index contributed by atoms with van der Waals surface area (Å²) in [6.07, 6.45) is 3.67. The molecule has 3 N–H and O–H groups in total. The van der Waals surface area contributed by atoms with Gasteiger partial charge in [0, 0.05) is 0 Å². The van der Waals surface area contributed by atoms with Gasteiger partial charge in [0.2, 0.25) is 5.91 Å². The molecule has 1 amide bonds. The van der Waals surface area contributed by atoms with Crippen molar-refractivity contribution < 1.29 is 9.32 Å². The van der Waals surface area contributed by atoms with E-state index >= 15 is 0 Å². The molecule has 1 aromatic heterocycles. The molecule has 78 valence electrons. The third kappa shape index (κ3) is 2.56. The van der Waals surface area contributed by atoms with Crippen LogP contribution in [0.25, 0.3) is 0 Å². The van der Waals surface area contributed by atoms with E-state index in [1.165, 1.54) is 12.5 Å². The maximum atomic E-state index is 11.5. The molecule has 5 nitrogen and oxygen atoms in total. The molecule has 1 unspecified atom stereocenters. The minimum atomic E-state index is -0.491. The standard InChI is InChI=1S/C9H15N3O2/c1-3-6(2)8(10)9(13)12-7-4-11-14-5-7/h4-6,8H,3,10H2,1-2H3,(H,12,13)/t6?,8-/m0/s1. The fraction of sp³-hybridized carbons (Fsp3) is 0.556. The van der Waals surface area contributed by atoms with Gasteiger partial charge in [-0.1, -0.05) is 25.4 Å². The summed E-state index contributed by atoms with van der Waals surface area (Å²) in [5, 5.41) is 6.09. The minimum Gasteiger partial charge on any atom is -0.363 e. The van der Waals surface area contributed by atoms with Gasteiger partial charge in [0.05, 0.1) is 12.2 Å². The van der Waals surface area contributed by atoms with Crippen molar-refractivity contribution >= 4 is 11.6 Å². The van der Waals surface area contributed by atoms with Crippen LogP contribution in [0.1, 0.15) is 20.3 Å². The van der Waals surface area contributed by atoms with E-state index in [0.29, 0.717) is 5.69 Å². The highest BCUT2D eigenvalue weighted by atomic mass is 16.5. The largest absolute Gasteiger partial charge is 0.363 e. The molecule has 0 saturated carbocycles. The lowest BCUT2D eigenvalue weighted by Gasteiger charge is -2.16. The van der Waals surface area contributed by atoms with Crippen molar-refractivity contribution in [3.63, 3.8) is 0 Å². The quantitative estimate of drug-likeness (QED) is 0.754. The van der Waals surface area contributed by atoms with Gasteiger partial charge in [-0.3, -0.25) is 4.79 Å². The van der Waals surface area contributed by atoms with Crippen LogP contribution in [0.3, 0.4) is 0 Å². The van der Waals surface area contributed by atoms with Gasteiger partial charge < -0.3 is 15.6 Å². The van der Waals surface area contributed by atoms with Crippen molar-refractivity contribution in [3.05, 3.63) is 12.5 Å². The van der Waals surface area contributed by atoms with Crippen molar-refractivity contribution in [2.45, 2.75) is 26.3 Å². The average molecular weight is 197 g/mol. The van der Waals surface area contributed by atoms with Gasteiger partial charge in [-0.15, -0.1) is 0 Å². The highest BCUT2D eigenvalue weighted by Gasteiger charge is 2.19. The third-order valence-electron chi connectivity index (χ3n) is 2.26. The Bertz CT molecular complexity index is 284. The topological polar surface area (TPSA) is 81.2 Å². The monoisotopic (exact) mass is 197 g/mol. The number of nitrogens with two attached hydrogens (primary N) is 1. The van der Waals surface area contributed by atoms with Crippen LogP contribution in [0.15, 0.2) is 17.0 Å². The molecular weight excluding hydrogens is 182 g/mol. The normalized spacial score (nSPS) is 14.8. The van der Waals surface area contributed by atoms with E-state index in [4.69, 9.17) is 5.73 Å². The highest BCUT2D eigenvalue weighted by Crippen LogP contribution is 2.09. The Labute approximate surface area is 82.6 Å². The second-order valence-electron chi connectivity index (χ2n) is 3.31. The summed E-state index contributed by atoms with van der Waals surface area (Å²) in [6, 6.07) is -0.491. The Morgan fingerprint density at radius 2 is 2.50 bits per heavy atom. The number of anilines is 1. The van der Waals surface area contributed by atoms with Crippen LogP contribution in [-0.2, 0) is 4.79 Å². The summed E-state index contributed by atoms with van der Waals surface area (Å²) < 4.78 is 4.58. The van der Waals surface area contributed by atoms with Crippen molar-refractivity contribution in [3.8, 4) is 0 Å². The van der Waals surface area contributed by atoms with Crippen LogP contribution in [0.2, 0.25) is 0 Å². The van der Waals surface area contributed by atoms with E-state index in [0.717, 1.165) is 6.42 Å². The predicted octanol–water partition coefficient (Wildman–Crippen LogP) is 0.986. The maximum absolute atomic E-state index is 11.5. The first-order valence-corrected chi connectivity index (χ1v) is 4.61. The Balaban J connectivity index is 2.50. The molecule has 0 saturated heterocycles. The molecule has 0 aliphatic rings. The molecule has 0 aliphatic heterocycles. The maximum Gasteiger partial charge on any atom is 0.241 e. The summed E-state index contributed by atoms with van der Waals surface area (Å²) >= 11 is 0. The lowest BCUT2D eigenvalue weighted by atomic mass is 9.99. The first-order valence-electron chi connectivity index (χ1n) is 4.61. The molecule has 0 bridgehead atoms. The Morgan fingerprint density at radius 3 is 3.00 bits per heavy atom. The number of hydrogen-bond donors (Lipinski definition) is 2.